The number of aliphatic hydroxyl groups is 1. The van der Waals surface area contributed by atoms with Gasteiger partial charge in [-0.1, -0.05) is 42.5 Å². The Balaban J connectivity index is 2.12. The maximum atomic E-state index is 12.6. The van der Waals surface area contributed by atoms with E-state index in [-0.39, 0.29) is 19.2 Å². The number of nitrogens with one attached hydrogen (secondary N) is 1. The van der Waals surface area contributed by atoms with Crippen LogP contribution in [0.15, 0.2) is 54.6 Å². The topological polar surface area (TPSA) is 55.8 Å². The minimum Gasteiger partial charge on any atom is -0.395 e. The van der Waals surface area contributed by atoms with Crippen molar-refractivity contribution in [2.24, 2.45) is 0 Å². The van der Waals surface area contributed by atoms with Gasteiger partial charge < -0.3 is 20.2 Å². The molecule has 2 aromatic carbocycles. The molecule has 0 atom stereocenters. The third kappa shape index (κ3) is 4.72. The second kappa shape index (κ2) is 8.19. The molecule has 0 aliphatic carbocycles. The summed E-state index contributed by atoms with van der Waals surface area (Å²) in [6.07, 6.45) is 0. The molecule has 0 saturated carbocycles. The Labute approximate surface area is 137 Å². The van der Waals surface area contributed by atoms with Gasteiger partial charge in [0.25, 0.3) is 0 Å². The van der Waals surface area contributed by atoms with Gasteiger partial charge in [-0.3, -0.25) is 0 Å². The molecule has 5 nitrogen and oxygen atoms in total. The first kappa shape index (κ1) is 16.8. The van der Waals surface area contributed by atoms with E-state index in [1.54, 1.807) is 4.90 Å². The van der Waals surface area contributed by atoms with Crippen molar-refractivity contribution in [2.45, 2.75) is 6.54 Å². The Kier molecular flexibility index (Phi) is 6.00. The summed E-state index contributed by atoms with van der Waals surface area (Å²) < 4.78 is 0. The molecule has 0 saturated heterocycles. The van der Waals surface area contributed by atoms with Crippen LogP contribution in [-0.4, -0.2) is 43.3 Å². The second-order valence-electron chi connectivity index (χ2n) is 5.47. The molecule has 0 radical (unpaired) electrons. The number of nitrogens with zero attached hydrogens (tertiary/aromatic N) is 2. The van der Waals surface area contributed by atoms with E-state index in [4.69, 9.17) is 0 Å². The molecule has 0 aromatic heterocycles. The highest BCUT2D eigenvalue weighted by atomic mass is 16.3. The van der Waals surface area contributed by atoms with Crippen LogP contribution in [0, 0.1) is 0 Å². The molecule has 23 heavy (non-hydrogen) atoms. The van der Waals surface area contributed by atoms with E-state index in [2.05, 4.69) is 5.32 Å². The van der Waals surface area contributed by atoms with Crippen molar-refractivity contribution in [2.75, 3.05) is 37.5 Å². The summed E-state index contributed by atoms with van der Waals surface area (Å²) in [5, 5.41) is 12.2. The molecular weight excluding hydrogens is 290 g/mol. The van der Waals surface area contributed by atoms with E-state index >= 15 is 0 Å². The molecule has 0 bridgehead atoms. The van der Waals surface area contributed by atoms with Crippen LogP contribution in [0.3, 0.4) is 0 Å². The number of rotatable bonds is 6. The first-order valence-electron chi connectivity index (χ1n) is 7.59. The van der Waals surface area contributed by atoms with Crippen LogP contribution in [0.2, 0.25) is 0 Å². The number of para-hydroxylation sites is 2. The van der Waals surface area contributed by atoms with Gasteiger partial charge in [0, 0.05) is 27.2 Å². The van der Waals surface area contributed by atoms with E-state index in [1.165, 1.54) is 0 Å². The number of benzene rings is 2. The lowest BCUT2D eigenvalue weighted by molar-refractivity contribution is 0.185. The normalized spacial score (nSPS) is 10.2. The fourth-order valence-corrected chi connectivity index (χ4v) is 2.34. The predicted molar refractivity (Wildman–Crippen MR) is 93.7 cm³/mol. The number of amides is 2. The zero-order chi connectivity index (χ0) is 16.7. The lowest BCUT2D eigenvalue weighted by atomic mass is 10.2. The van der Waals surface area contributed by atoms with Gasteiger partial charge in [-0.15, -0.1) is 0 Å². The molecular formula is C18H23N3O2. The standard InChI is InChI=1S/C18H23N3O2/c1-20(2)17-11-7-6-10-16(17)19-18(23)21(12-13-22)14-15-8-4-3-5-9-15/h3-11,22H,12-14H2,1-2H3,(H,19,23). The summed E-state index contributed by atoms with van der Waals surface area (Å²) >= 11 is 0. The third-order valence-corrected chi connectivity index (χ3v) is 3.50. The SMILES string of the molecule is CN(C)c1ccccc1NC(=O)N(CCO)Cc1ccccc1. The van der Waals surface area contributed by atoms with Gasteiger partial charge in [0.2, 0.25) is 0 Å². The monoisotopic (exact) mass is 313 g/mol. The van der Waals surface area contributed by atoms with E-state index in [9.17, 15) is 9.90 Å². The van der Waals surface area contributed by atoms with Crippen LogP contribution < -0.4 is 10.2 Å². The molecule has 2 aromatic rings. The van der Waals surface area contributed by atoms with Crippen molar-refractivity contribution in [3.05, 3.63) is 60.2 Å². The Morgan fingerprint density at radius 3 is 2.35 bits per heavy atom. The smallest absolute Gasteiger partial charge is 0.322 e. The van der Waals surface area contributed by atoms with Crippen LogP contribution in [0.4, 0.5) is 16.2 Å². The molecule has 0 heterocycles. The molecule has 2 N–H and O–H groups in total. The first-order valence-corrected chi connectivity index (χ1v) is 7.59. The minimum absolute atomic E-state index is 0.0738. The quantitative estimate of drug-likeness (QED) is 0.862. The summed E-state index contributed by atoms with van der Waals surface area (Å²) in [7, 11) is 3.86. The van der Waals surface area contributed by atoms with Crippen molar-refractivity contribution in [1.29, 1.82) is 0 Å². The number of hydrogen-bond donors (Lipinski definition) is 2. The molecule has 0 unspecified atom stereocenters. The van der Waals surface area contributed by atoms with Crippen LogP contribution in [0.1, 0.15) is 5.56 Å². The van der Waals surface area contributed by atoms with E-state index < -0.39 is 0 Å². The summed E-state index contributed by atoms with van der Waals surface area (Å²) in [5.41, 5.74) is 2.71. The number of aliphatic hydroxyl groups excluding tert-OH is 1. The van der Waals surface area contributed by atoms with Crippen LogP contribution in [-0.2, 0) is 6.54 Å². The minimum atomic E-state index is -0.225. The lowest BCUT2D eigenvalue weighted by Gasteiger charge is -2.24. The van der Waals surface area contributed by atoms with E-state index in [0.29, 0.717) is 6.54 Å². The summed E-state index contributed by atoms with van der Waals surface area (Å²) in [6.45, 7) is 0.664. The number of carbonyl (C=O) groups excluding carboxylic acids is 1. The summed E-state index contributed by atoms with van der Waals surface area (Å²) in [6, 6.07) is 17.1. The number of hydrogen-bond acceptors (Lipinski definition) is 3. The Morgan fingerprint density at radius 1 is 1.04 bits per heavy atom. The van der Waals surface area contributed by atoms with Crippen molar-refractivity contribution < 1.29 is 9.90 Å². The van der Waals surface area contributed by atoms with Gasteiger partial charge in [0.1, 0.15) is 0 Å². The Morgan fingerprint density at radius 2 is 1.70 bits per heavy atom. The van der Waals surface area contributed by atoms with Gasteiger partial charge in [-0.05, 0) is 17.7 Å². The first-order chi connectivity index (χ1) is 11.1. The highest BCUT2D eigenvalue weighted by molar-refractivity contribution is 5.93. The number of anilines is 2. The zero-order valence-corrected chi connectivity index (χ0v) is 13.6. The van der Waals surface area contributed by atoms with Gasteiger partial charge in [0.05, 0.1) is 18.0 Å². The van der Waals surface area contributed by atoms with Crippen molar-refractivity contribution in [3.8, 4) is 0 Å². The van der Waals surface area contributed by atoms with Crippen molar-refractivity contribution in [1.82, 2.24) is 4.90 Å². The maximum absolute atomic E-state index is 12.6. The maximum Gasteiger partial charge on any atom is 0.322 e. The van der Waals surface area contributed by atoms with E-state index in [0.717, 1.165) is 16.9 Å². The highest BCUT2D eigenvalue weighted by Gasteiger charge is 2.15. The summed E-state index contributed by atoms with van der Waals surface area (Å²) in [5.74, 6) is 0. The fourth-order valence-electron chi connectivity index (χ4n) is 2.34. The summed E-state index contributed by atoms with van der Waals surface area (Å²) in [4.78, 5) is 16.1. The molecule has 0 aliphatic rings. The van der Waals surface area contributed by atoms with Crippen LogP contribution in [0.25, 0.3) is 0 Å². The van der Waals surface area contributed by atoms with Gasteiger partial charge in [0.15, 0.2) is 0 Å². The molecule has 122 valence electrons. The Bertz CT molecular complexity index is 629. The average Bonchev–Trinajstić information content (AvgIpc) is 2.55. The predicted octanol–water partition coefficient (Wildman–Crippen LogP) is 2.78. The van der Waals surface area contributed by atoms with Crippen LogP contribution >= 0.6 is 0 Å². The van der Waals surface area contributed by atoms with Gasteiger partial charge in [-0.2, -0.15) is 0 Å². The average molecular weight is 313 g/mol. The fraction of sp³-hybridized carbons (Fsp3) is 0.278. The van der Waals surface area contributed by atoms with Crippen LogP contribution in [0.5, 0.6) is 0 Å². The Hall–Kier alpha value is -2.53. The lowest BCUT2D eigenvalue weighted by Crippen LogP contribution is -2.36. The van der Waals surface area contributed by atoms with Crippen molar-refractivity contribution >= 4 is 17.4 Å². The van der Waals surface area contributed by atoms with Crippen molar-refractivity contribution in [3.63, 3.8) is 0 Å². The molecule has 2 amide bonds. The van der Waals surface area contributed by atoms with Gasteiger partial charge in [-0.25, -0.2) is 4.79 Å². The van der Waals surface area contributed by atoms with Gasteiger partial charge >= 0.3 is 6.03 Å². The molecule has 0 fully saturated rings. The molecule has 0 aliphatic heterocycles. The second-order valence-corrected chi connectivity index (χ2v) is 5.47. The third-order valence-electron chi connectivity index (χ3n) is 3.50. The highest BCUT2D eigenvalue weighted by Crippen LogP contribution is 2.23. The van der Waals surface area contributed by atoms with E-state index in [1.807, 2.05) is 73.6 Å². The zero-order valence-electron chi connectivity index (χ0n) is 13.6. The molecule has 2 rings (SSSR count). The molecule has 5 heteroatoms. The number of carbonyl (C=O) groups is 1. The number of urea groups is 1. The molecule has 0 spiro atoms. The largest absolute Gasteiger partial charge is 0.395 e.